The molecule has 1 aliphatic carbocycles. The summed E-state index contributed by atoms with van der Waals surface area (Å²) in [6, 6.07) is 0. The summed E-state index contributed by atoms with van der Waals surface area (Å²) in [6.07, 6.45) is 23.7. The van der Waals surface area contributed by atoms with Crippen molar-refractivity contribution < 1.29 is 0 Å². The van der Waals surface area contributed by atoms with E-state index in [-0.39, 0.29) is 11.0 Å². The van der Waals surface area contributed by atoms with E-state index in [0.29, 0.717) is 0 Å². The standard InChI is InChI=1S/C19H27N/c1-5-19(4,18(2,3)20)17-15-13-11-9-7-6-8-10-12-14-16-17/h6-16H,5,20H2,1-4H3/b7-6-,8-6?,9-7?,10-8-,11-9-,12-10?,13-11?,14-12-,15-13-,16-14?,17-15?,17-16+. The van der Waals surface area contributed by atoms with Crippen molar-refractivity contribution in [1.82, 2.24) is 0 Å². The molecule has 0 saturated carbocycles. The highest BCUT2D eigenvalue weighted by atomic mass is 14.8. The van der Waals surface area contributed by atoms with Gasteiger partial charge < -0.3 is 5.73 Å². The van der Waals surface area contributed by atoms with Crippen molar-refractivity contribution in [2.24, 2.45) is 11.1 Å². The quantitative estimate of drug-likeness (QED) is 0.778. The fourth-order valence-corrected chi connectivity index (χ4v) is 2.22. The van der Waals surface area contributed by atoms with Gasteiger partial charge in [-0.15, -0.1) is 0 Å². The minimum absolute atomic E-state index is 0.0641. The van der Waals surface area contributed by atoms with E-state index >= 15 is 0 Å². The van der Waals surface area contributed by atoms with Gasteiger partial charge in [-0.1, -0.05) is 80.7 Å². The molecule has 0 aliphatic heterocycles. The summed E-state index contributed by atoms with van der Waals surface area (Å²) in [5.74, 6) is 0. The van der Waals surface area contributed by atoms with E-state index in [4.69, 9.17) is 5.73 Å². The van der Waals surface area contributed by atoms with Crippen LogP contribution in [0.25, 0.3) is 0 Å². The summed E-state index contributed by atoms with van der Waals surface area (Å²) < 4.78 is 0. The van der Waals surface area contributed by atoms with Crippen LogP contribution in [-0.2, 0) is 0 Å². The van der Waals surface area contributed by atoms with Crippen LogP contribution in [-0.4, -0.2) is 5.54 Å². The monoisotopic (exact) mass is 269 g/mol. The molecule has 1 unspecified atom stereocenters. The molecular formula is C19H27N. The molecule has 2 N–H and O–H groups in total. The molecule has 0 saturated heterocycles. The predicted molar refractivity (Wildman–Crippen MR) is 90.4 cm³/mol. The first kappa shape index (κ1) is 16.5. The molecule has 0 spiro atoms. The van der Waals surface area contributed by atoms with E-state index in [1.54, 1.807) is 0 Å². The third-order valence-electron chi connectivity index (χ3n) is 4.21. The Balaban J connectivity index is 3.22. The highest BCUT2D eigenvalue weighted by Gasteiger charge is 2.38. The average Bonchev–Trinajstić information content (AvgIpc) is 2.37. The van der Waals surface area contributed by atoms with Crippen LogP contribution in [0.2, 0.25) is 0 Å². The van der Waals surface area contributed by atoms with Gasteiger partial charge in [-0.05, 0) is 25.8 Å². The van der Waals surface area contributed by atoms with E-state index in [1.807, 2.05) is 42.5 Å². The first-order valence-electron chi connectivity index (χ1n) is 7.26. The van der Waals surface area contributed by atoms with Gasteiger partial charge in [-0.3, -0.25) is 0 Å². The highest BCUT2D eigenvalue weighted by molar-refractivity contribution is 5.36. The van der Waals surface area contributed by atoms with E-state index in [1.165, 1.54) is 5.57 Å². The van der Waals surface area contributed by atoms with Gasteiger partial charge in [0.2, 0.25) is 0 Å². The number of nitrogens with two attached hydrogens (primary N) is 1. The summed E-state index contributed by atoms with van der Waals surface area (Å²) >= 11 is 0. The maximum absolute atomic E-state index is 6.43. The molecule has 0 aromatic carbocycles. The molecule has 0 aromatic heterocycles. The molecule has 1 aliphatic rings. The summed E-state index contributed by atoms with van der Waals surface area (Å²) in [5.41, 5.74) is 7.35. The fourth-order valence-electron chi connectivity index (χ4n) is 2.22. The number of rotatable bonds is 3. The Hall–Kier alpha value is -1.60. The van der Waals surface area contributed by atoms with Crippen LogP contribution in [0.3, 0.4) is 0 Å². The van der Waals surface area contributed by atoms with Crippen molar-refractivity contribution in [1.29, 1.82) is 0 Å². The lowest BCUT2D eigenvalue weighted by Gasteiger charge is -2.42. The zero-order valence-corrected chi connectivity index (χ0v) is 13.1. The Bertz CT molecular complexity index is 478. The van der Waals surface area contributed by atoms with Gasteiger partial charge in [0, 0.05) is 11.0 Å². The van der Waals surface area contributed by atoms with Crippen molar-refractivity contribution in [3.63, 3.8) is 0 Å². The molecule has 108 valence electrons. The molecule has 1 atom stereocenters. The van der Waals surface area contributed by atoms with E-state index in [9.17, 15) is 0 Å². The van der Waals surface area contributed by atoms with Gasteiger partial charge in [0.1, 0.15) is 0 Å². The van der Waals surface area contributed by atoms with Gasteiger partial charge in [-0.2, -0.15) is 0 Å². The Morgan fingerprint density at radius 1 is 0.800 bits per heavy atom. The summed E-state index contributed by atoms with van der Waals surface area (Å²) in [5, 5.41) is 0. The summed E-state index contributed by atoms with van der Waals surface area (Å²) in [6.45, 7) is 8.64. The van der Waals surface area contributed by atoms with Crippen LogP contribution in [0.5, 0.6) is 0 Å². The zero-order valence-electron chi connectivity index (χ0n) is 13.1. The lowest BCUT2D eigenvalue weighted by Crippen LogP contribution is -2.49. The molecule has 0 aromatic rings. The molecule has 1 rings (SSSR count). The largest absolute Gasteiger partial charge is 0.325 e. The molecule has 1 nitrogen and oxygen atoms in total. The molecule has 0 fully saturated rings. The maximum atomic E-state index is 6.43. The average molecular weight is 269 g/mol. The van der Waals surface area contributed by atoms with E-state index in [2.05, 4.69) is 52.0 Å². The Kier molecular flexibility index (Phi) is 5.97. The van der Waals surface area contributed by atoms with Gasteiger partial charge in [-0.25, -0.2) is 0 Å². The highest BCUT2D eigenvalue weighted by Crippen LogP contribution is 2.40. The first-order valence-corrected chi connectivity index (χ1v) is 7.26. The second-order valence-electron chi connectivity index (χ2n) is 5.93. The zero-order chi connectivity index (χ0) is 15.1. The second kappa shape index (κ2) is 7.25. The topological polar surface area (TPSA) is 26.0 Å². The van der Waals surface area contributed by atoms with Gasteiger partial charge in [0.25, 0.3) is 0 Å². The molecule has 0 radical (unpaired) electrons. The third-order valence-corrected chi connectivity index (χ3v) is 4.21. The van der Waals surface area contributed by atoms with Crippen LogP contribution in [0, 0.1) is 5.41 Å². The molecule has 0 amide bonds. The lowest BCUT2D eigenvalue weighted by molar-refractivity contribution is 0.223. The van der Waals surface area contributed by atoms with Gasteiger partial charge in [0.15, 0.2) is 0 Å². The van der Waals surface area contributed by atoms with Crippen molar-refractivity contribution in [2.75, 3.05) is 0 Å². The van der Waals surface area contributed by atoms with Gasteiger partial charge >= 0.3 is 0 Å². The van der Waals surface area contributed by atoms with Crippen LogP contribution < -0.4 is 5.73 Å². The number of hydrogen-bond donors (Lipinski definition) is 1. The second-order valence-corrected chi connectivity index (χ2v) is 5.93. The van der Waals surface area contributed by atoms with Crippen LogP contribution in [0.1, 0.15) is 34.1 Å². The Morgan fingerprint density at radius 3 is 1.70 bits per heavy atom. The Morgan fingerprint density at radius 2 is 1.25 bits per heavy atom. The molecule has 1 heteroatoms. The fraction of sp³-hybridized carbons (Fsp3) is 0.368. The third kappa shape index (κ3) is 4.21. The van der Waals surface area contributed by atoms with E-state index in [0.717, 1.165) is 6.42 Å². The number of hydrogen-bond acceptors (Lipinski definition) is 1. The first-order chi connectivity index (χ1) is 9.42. The van der Waals surface area contributed by atoms with Crippen molar-refractivity contribution in [3.8, 4) is 0 Å². The predicted octanol–water partition coefficient (Wildman–Crippen LogP) is 4.86. The van der Waals surface area contributed by atoms with Crippen LogP contribution >= 0.6 is 0 Å². The van der Waals surface area contributed by atoms with Crippen molar-refractivity contribution in [2.45, 2.75) is 39.7 Å². The van der Waals surface area contributed by atoms with Crippen LogP contribution in [0.4, 0.5) is 0 Å². The van der Waals surface area contributed by atoms with Crippen molar-refractivity contribution >= 4 is 0 Å². The Labute approximate surface area is 124 Å². The maximum Gasteiger partial charge on any atom is 0.0192 e. The summed E-state index contributed by atoms with van der Waals surface area (Å²) in [7, 11) is 0. The molecule has 0 heterocycles. The molecular weight excluding hydrogens is 242 g/mol. The minimum atomic E-state index is -0.276. The smallest absolute Gasteiger partial charge is 0.0192 e. The minimum Gasteiger partial charge on any atom is -0.325 e. The normalized spacial score (nSPS) is 29.8. The van der Waals surface area contributed by atoms with E-state index < -0.39 is 0 Å². The van der Waals surface area contributed by atoms with Gasteiger partial charge in [0.05, 0.1) is 0 Å². The number of allylic oxidation sites excluding steroid dienone is 11. The lowest BCUT2D eigenvalue weighted by atomic mass is 9.66. The molecule has 0 bridgehead atoms. The summed E-state index contributed by atoms with van der Waals surface area (Å²) in [4.78, 5) is 0. The molecule has 20 heavy (non-hydrogen) atoms. The SMILES string of the molecule is CCC(C)(C1=C/C=C\C=C/C=C\C=C/C=C\1)C(C)(C)N. The van der Waals surface area contributed by atoms with Crippen molar-refractivity contribution in [3.05, 3.63) is 72.4 Å². The van der Waals surface area contributed by atoms with Crippen LogP contribution in [0.15, 0.2) is 72.4 Å².